The Morgan fingerprint density at radius 1 is 1.32 bits per heavy atom. The monoisotopic (exact) mass is 268 g/mol. The van der Waals surface area contributed by atoms with Crippen molar-refractivity contribution < 1.29 is 0 Å². The Hall–Kier alpha value is -0.160. The van der Waals surface area contributed by atoms with E-state index in [0.29, 0.717) is 12.1 Å². The molecule has 0 aromatic carbocycles. The van der Waals surface area contributed by atoms with E-state index < -0.39 is 0 Å². The largest absolute Gasteiger partial charge is 0.329 e. The highest BCUT2D eigenvalue weighted by Gasteiger charge is 2.46. The first-order valence-corrected chi connectivity index (χ1v) is 7.84. The molecule has 2 fully saturated rings. The van der Waals surface area contributed by atoms with E-state index in [1.807, 2.05) is 0 Å². The molecule has 0 aliphatic carbocycles. The highest BCUT2D eigenvalue weighted by atomic mass is 15.3. The summed E-state index contributed by atoms with van der Waals surface area (Å²) >= 11 is 0. The van der Waals surface area contributed by atoms with Crippen LogP contribution in [0.5, 0.6) is 0 Å². The lowest BCUT2D eigenvalue weighted by atomic mass is 9.95. The zero-order chi connectivity index (χ0) is 14.0. The normalized spacial score (nSPS) is 33.9. The van der Waals surface area contributed by atoms with Gasteiger partial charge in [0, 0.05) is 43.8 Å². The van der Waals surface area contributed by atoms with Gasteiger partial charge in [-0.1, -0.05) is 0 Å². The smallest absolute Gasteiger partial charge is 0.0474 e. The lowest BCUT2D eigenvalue weighted by molar-refractivity contribution is 0.0695. The molecule has 2 unspecified atom stereocenters. The zero-order valence-electron chi connectivity index (χ0n) is 13.2. The van der Waals surface area contributed by atoms with Crippen LogP contribution in [0.4, 0.5) is 0 Å². The summed E-state index contributed by atoms with van der Waals surface area (Å²) < 4.78 is 0. The number of hydrogen-bond donors (Lipinski definition) is 1. The summed E-state index contributed by atoms with van der Waals surface area (Å²) in [5.74, 6) is 0. The van der Waals surface area contributed by atoms with Crippen molar-refractivity contribution in [1.29, 1.82) is 0 Å². The standard InChI is InChI=1S/C15H32N4/c1-13(2)18-9-7-15(11-16,12-18)19-8-5-6-14(19)10-17(3)4/h13-14H,5-12,16H2,1-4H3. The molecule has 2 rings (SSSR count). The molecule has 2 aliphatic rings. The second-order valence-corrected chi connectivity index (χ2v) is 6.99. The van der Waals surface area contributed by atoms with Crippen molar-refractivity contribution in [3.05, 3.63) is 0 Å². The predicted molar refractivity (Wildman–Crippen MR) is 81.4 cm³/mol. The molecule has 0 aromatic rings. The van der Waals surface area contributed by atoms with E-state index in [1.165, 1.54) is 38.9 Å². The maximum Gasteiger partial charge on any atom is 0.0474 e. The first-order valence-electron chi connectivity index (χ1n) is 7.84. The van der Waals surface area contributed by atoms with Gasteiger partial charge in [0.25, 0.3) is 0 Å². The Balaban J connectivity index is 2.08. The van der Waals surface area contributed by atoms with Crippen molar-refractivity contribution in [2.24, 2.45) is 5.73 Å². The van der Waals surface area contributed by atoms with Gasteiger partial charge in [0.1, 0.15) is 0 Å². The number of hydrogen-bond acceptors (Lipinski definition) is 4. The fourth-order valence-corrected chi connectivity index (χ4v) is 3.92. The van der Waals surface area contributed by atoms with Crippen molar-refractivity contribution in [2.45, 2.75) is 50.7 Å². The maximum absolute atomic E-state index is 6.22. The average Bonchev–Trinajstić information content (AvgIpc) is 2.95. The molecule has 112 valence electrons. The van der Waals surface area contributed by atoms with E-state index in [9.17, 15) is 0 Å². The van der Waals surface area contributed by atoms with Crippen LogP contribution in [0.1, 0.15) is 33.1 Å². The maximum atomic E-state index is 6.22. The number of nitrogens with two attached hydrogens (primary N) is 1. The van der Waals surface area contributed by atoms with Gasteiger partial charge in [0.05, 0.1) is 0 Å². The lowest BCUT2D eigenvalue weighted by Gasteiger charge is -2.43. The molecule has 0 amide bonds. The molecule has 4 heteroatoms. The summed E-state index contributed by atoms with van der Waals surface area (Å²) in [5.41, 5.74) is 6.46. The van der Waals surface area contributed by atoms with E-state index in [-0.39, 0.29) is 5.54 Å². The van der Waals surface area contributed by atoms with Crippen LogP contribution in [0.3, 0.4) is 0 Å². The molecule has 0 spiro atoms. The van der Waals surface area contributed by atoms with Gasteiger partial charge in [-0.15, -0.1) is 0 Å². The number of likely N-dealkylation sites (tertiary alicyclic amines) is 2. The second-order valence-electron chi connectivity index (χ2n) is 6.99. The fraction of sp³-hybridized carbons (Fsp3) is 1.00. The van der Waals surface area contributed by atoms with Crippen molar-refractivity contribution in [1.82, 2.24) is 14.7 Å². The van der Waals surface area contributed by atoms with E-state index in [2.05, 4.69) is 42.6 Å². The van der Waals surface area contributed by atoms with Crippen LogP contribution >= 0.6 is 0 Å². The molecule has 2 heterocycles. The third-order valence-electron chi connectivity index (χ3n) is 5.03. The van der Waals surface area contributed by atoms with Crippen LogP contribution in [-0.2, 0) is 0 Å². The van der Waals surface area contributed by atoms with Crippen LogP contribution < -0.4 is 5.73 Å². The first kappa shape index (κ1) is 15.2. The highest BCUT2D eigenvalue weighted by molar-refractivity contribution is 5.04. The molecule has 19 heavy (non-hydrogen) atoms. The molecule has 0 aromatic heterocycles. The first-order chi connectivity index (χ1) is 8.98. The lowest BCUT2D eigenvalue weighted by Crippen LogP contribution is -2.59. The minimum absolute atomic E-state index is 0.238. The quantitative estimate of drug-likeness (QED) is 0.801. The molecular weight excluding hydrogens is 236 g/mol. The van der Waals surface area contributed by atoms with Gasteiger partial charge in [-0.05, 0) is 53.8 Å². The van der Waals surface area contributed by atoms with Gasteiger partial charge in [-0.25, -0.2) is 0 Å². The summed E-state index contributed by atoms with van der Waals surface area (Å²) in [6.07, 6.45) is 3.91. The van der Waals surface area contributed by atoms with E-state index >= 15 is 0 Å². The number of nitrogens with zero attached hydrogens (tertiary/aromatic N) is 3. The number of likely N-dealkylation sites (N-methyl/N-ethyl adjacent to an activating group) is 1. The summed E-state index contributed by atoms with van der Waals surface area (Å²) in [6.45, 7) is 10.2. The summed E-state index contributed by atoms with van der Waals surface area (Å²) in [6, 6.07) is 1.34. The topological polar surface area (TPSA) is 35.7 Å². The highest BCUT2D eigenvalue weighted by Crippen LogP contribution is 2.34. The third kappa shape index (κ3) is 3.13. The average molecular weight is 268 g/mol. The predicted octanol–water partition coefficient (Wildman–Crippen LogP) is 0.824. The minimum atomic E-state index is 0.238. The molecular formula is C15H32N4. The molecule has 2 N–H and O–H groups in total. The van der Waals surface area contributed by atoms with E-state index in [0.717, 1.165) is 13.1 Å². The van der Waals surface area contributed by atoms with Gasteiger partial charge in [-0.3, -0.25) is 9.80 Å². The molecule has 0 bridgehead atoms. The Kier molecular flexibility index (Phi) is 4.88. The third-order valence-corrected chi connectivity index (χ3v) is 5.03. The van der Waals surface area contributed by atoms with E-state index in [1.54, 1.807) is 0 Å². The van der Waals surface area contributed by atoms with Gasteiger partial charge in [-0.2, -0.15) is 0 Å². The van der Waals surface area contributed by atoms with Crippen LogP contribution in [0.15, 0.2) is 0 Å². The number of rotatable bonds is 5. The van der Waals surface area contributed by atoms with Crippen molar-refractivity contribution in [3.8, 4) is 0 Å². The molecule has 2 aliphatic heterocycles. The molecule has 2 atom stereocenters. The SMILES string of the molecule is CC(C)N1CCC(CN)(N2CCCC2CN(C)C)C1. The zero-order valence-corrected chi connectivity index (χ0v) is 13.2. The molecule has 0 saturated carbocycles. The van der Waals surface area contributed by atoms with Crippen molar-refractivity contribution in [3.63, 3.8) is 0 Å². The Labute approximate surface area is 118 Å². The van der Waals surface area contributed by atoms with Gasteiger partial charge >= 0.3 is 0 Å². The second kappa shape index (κ2) is 6.08. The molecule has 4 nitrogen and oxygen atoms in total. The van der Waals surface area contributed by atoms with Crippen molar-refractivity contribution in [2.75, 3.05) is 46.8 Å². The van der Waals surface area contributed by atoms with E-state index in [4.69, 9.17) is 5.73 Å². The van der Waals surface area contributed by atoms with Crippen LogP contribution in [0.2, 0.25) is 0 Å². The Morgan fingerprint density at radius 2 is 2.05 bits per heavy atom. The van der Waals surface area contributed by atoms with Crippen LogP contribution in [0, 0.1) is 0 Å². The summed E-state index contributed by atoms with van der Waals surface area (Å²) in [7, 11) is 4.36. The van der Waals surface area contributed by atoms with Gasteiger partial charge < -0.3 is 10.6 Å². The van der Waals surface area contributed by atoms with Crippen LogP contribution in [-0.4, -0.2) is 79.1 Å². The van der Waals surface area contributed by atoms with Gasteiger partial charge in [0.15, 0.2) is 0 Å². The molecule has 2 saturated heterocycles. The van der Waals surface area contributed by atoms with Crippen molar-refractivity contribution >= 4 is 0 Å². The van der Waals surface area contributed by atoms with Crippen LogP contribution in [0.25, 0.3) is 0 Å². The molecule has 0 radical (unpaired) electrons. The summed E-state index contributed by atoms with van der Waals surface area (Å²) in [5, 5.41) is 0. The summed E-state index contributed by atoms with van der Waals surface area (Å²) in [4.78, 5) is 7.66. The Bertz CT molecular complexity index is 292. The fourth-order valence-electron chi connectivity index (χ4n) is 3.92. The Morgan fingerprint density at radius 3 is 2.58 bits per heavy atom. The minimum Gasteiger partial charge on any atom is -0.329 e. The van der Waals surface area contributed by atoms with Gasteiger partial charge in [0.2, 0.25) is 0 Å².